The highest BCUT2D eigenvalue weighted by atomic mass is 35.5. The van der Waals surface area contributed by atoms with Crippen LogP contribution in [0.25, 0.3) is 0 Å². The summed E-state index contributed by atoms with van der Waals surface area (Å²) in [5.74, 6) is -1.19. The van der Waals surface area contributed by atoms with Crippen LogP contribution < -0.4 is 9.21 Å². The van der Waals surface area contributed by atoms with Gasteiger partial charge in [0.25, 0.3) is 5.91 Å². The molecule has 0 aliphatic carbocycles. The molecule has 1 amide bonds. The zero-order valence-electron chi connectivity index (χ0n) is 17.4. The van der Waals surface area contributed by atoms with Gasteiger partial charge in [0.2, 0.25) is 0 Å². The van der Waals surface area contributed by atoms with Crippen molar-refractivity contribution in [2.45, 2.75) is 26.1 Å². The molecule has 1 fully saturated rings. The number of carbonyl (C=O) groups excluding carboxylic acids is 1. The number of amides is 1. The number of nitrogens with zero attached hydrogens (tertiary/aromatic N) is 4. The molecule has 3 rings (SSSR count). The summed E-state index contributed by atoms with van der Waals surface area (Å²) >= 11 is 12.3. The van der Waals surface area contributed by atoms with Gasteiger partial charge >= 0.3 is 16.4 Å². The van der Waals surface area contributed by atoms with Gasteiger partial charge in [-0.15, -0.1) is 0 Å². The molecule has 0 bridgehead atoms. The normalized spacial score (nSPS) is 18.8. The van der Waals surface area contributed by atoms with E-state index in [1.807, 2.05) is 0 Å². The topological polar surface area (TPSA) is 73.8 Å². The van der Waals surface area contributed by atoms with Crippen LogP contribution in [0.1, 0.15) is 16.8 Å². The van der Waals surface area contributed by atoms with E-state index in [4.69, 9.17) is 23.2 Å². The average Bonchev–Trinajstić information content (AvgIpc) is 2.91. The first-order valence-electron chi connectivity index (χ1n) is 9.19. The van der Waals surface area contributed by atoms with Crippen molar-refractivity contribution in [3.05, 3.63) is 51.1 Å². The first-order valence-corrected chi connectivity index (χ1v) is 11.3. The van der Waals surface area contributed by atoms with E-state index in [0.29, 0.717) is 21.0 Å². The molecule has 0 saturated carbocycles. The van der Waals surface area contributed by atoms with Crippen molar-refractivity contribution in [3.8, 4) is 0 Å². The molecule has 1 aromatic heterocycles. The molecule has 1 aliphatic rings. The van der Waals surface area contributed by atoms with Crippen LogP contribution in [0, 0.1) is 13.8 Å². The summed E-state index contributed by atoms with van der Waals surface area (Å²) in [5.41, 5.74) is -0.205. The van der Waals surface area contributed by atoms with Gasteiger partial charge in [-0.25, -0.2) is 9.29 Å². The molecule has 7 nitrogen and oxygen atoms in total. The average molecular weight is 511 g/mol. The highest BCUT2D eigenvalue weighted by Crippen LogP contribution is 2.36. The van der Waals surface area contributed by atoms with Gasteiger partial charge in [0.05, 0.1) is 16.3 Å². The summed E-state index contributed by atoms with van der Waals surface area (Å²) in [6.07, 6.45) is -4.72. The molecule has 0 radical (unpaired) electrons. The van der Waals surface area contributed by atoms with Crippen LogP contribution in [-0.4, -0.2) is 50.3 Å². The lowest BCUT2D eigenvalue weighted by Crippen LogP contribution is -2.47. The first kappa shape index (κ1) is 24.6. The highest BCUT2D eigenvalue weighted by molar-refractivity contribution is 7.90. The Morgan fingerprint density at radius 1 is 1.16 bits per heavy atom. The van der Waals surface area contributed by atoms with Gasteiger partial charge < -0.3 is 4.90 Å². The summed E-state index contributed by atoms with van der Waals surface area (Å²) in [6, 6.07) is 3.06. The van der Waals surface area contributed by atoms with E-state index in [1.165, 1.54) is 27.1 Å². The SMILES string of the molecule is Cc1cc(C(F)(F)F)cc(N2[C@H](C(=O)N(C)c3cc(C)c(Cl)cc3Cl)CN(C)S2(=O)=O)n1. The molecule has 1 aromatic carbocycles. The number of rotatable bonds is 3. The number of aryl methyl sites for hydroxylation is 2. The molecule has 0 unspecified atom stereocenters. The quantitative estimate of drug-likeness (QED) is 0.624. The zero-order valence-corrected chi connectivity index (χ0v) is 19.7. The standard InChI is InChI=1S/C19H19Cl2F3N4O3S/c1-10-5-15(14(21)8-13(10)20)27(4)18(29)16-9-26(3)32(30,31)28(16)17-7-12(19(22,23)24)6-11(2)25-17/h5-8,16H,9H2,1-4H3/t16-/m0/s1. The van der Waals surface area contributed by atoms with Gasteiger partial charge in [0.15, 0.2) is 0 Å². The summed E-state index contributed by atoms with van der Waals surface area (Å²) in [6.45, 7) is 2.73. The van der Waals surface area contributed by atoms with Crippen molar-refractivity contribution in [2.75, 3.05) is 29.8 Å². The lowest BCUT2D eigenvalue weighted by Gasteiger charge is -2.28. The smallest absolute Gasteiger partial charge is 0.312 e. The fraction of sp³-hybridized carbons (Fsp3) is 0.368. The van der Waals surface area contributed by atoms with E-state index in [-0.39, 0.29) is 22.9 Å². The zero-order chi connectivity index (χ0) is 24.2. The van der Waals surface area contributed by atoms with Gasteiger partial charge in [-0.1, -0.05) is 23.2 Å². The van der Waals surface area contributed by atoms with Gasteiger partial charge in [-0.3, -0.25) is 4.79 Å². The van der Waals surface area contributed by atoms with Crippen molar-refractivity contribution in [2.24, 2.45) is 0 Å². The lowest BCUT2D eigenvalue weighted by atomic mass is 10.1. The Balaban J connectivity index is 2.09. The third-order valence-electron chi connectivity index (χ3n) is 5.05. The molecule has 32 heavy (non-hydrogen) atoms. The molecule has 0 N–H and O–H groups in total. The third-order valence-corrected chi connectivity index (χ3v) is 7.64. The number of likely N-dealkylation sites (N-methyl/N-ethyl adjacent to an activating group) is 2. The van der Waals surface area contributed by atoms with Crippen LogP contribution in [0.3, 0.4) is 0 Å². The molecule has 1 atom stereocenters. The Morgan fingerprint density at radius 3 is 2.38 bits per heavy atom. The van der Waals surface area contributed by atoms with E-state index < -0.39 is 39.7 Å². The van der Waals surface area contributed by atoms with Crippen molar-refractivity contribution in [1.82, 2.24) is 9.29 Å². The first-order chi connectivity index (χ1) is 14.6. The van der Waals surface area contributed by atoms with E-state index >= 15 is 0 Å². The molecule has 0 spiro atoms. The van der Waals surface area contributed by atoms with Crippen LogP contribution in [0.2, 0.25) is 10.0 Å². The highest BCUT2D eigenvalue weighted by Gasteiger charge is 2.48. The molecule has 2 aromatic rings. The Morgan fingerprint density at radius 2 is 1.78 bits per heavy atom. The summed E-state index contributed by atoms with van der Waals surface area (Å²) in [7, 11) is -1.67. The van der Waals surface area contributed by atoms with Crippen molar-refractivity contribution in [3.63, 3.8) is 0 Å². The number of pyridine rings is 1. The minimum atomic E-state index is -4.72. The van der Waals surface area contributed by atoms with Crippen LogP contribution >= 0.6 is 23.2 Å². The maximum absolute atomic E-state index is 13.3. The van der Waals surface area contributed by atoms with Gasteiger partial charge in [-0.05, 0) is 43.7 Å². The molecule has 1 aliphatic heterocycles. The predicted molar refractivity (Wildman–Crippen MR) is 116 cm³/mol. The predicted octanol–water partition coefficient (Wildman–Crippen LogP) is 4.05. The summed E-state index contributed by atoms with van der Waals surface area (Å²) < 4.78 is 67.3. The van der Waals surface area contributed by atoms with Crippen molar-refractivity contribution >= 4 is 50.8 Å². The second kappa shape index (κ2) is 8.36. The summed E-state index contributed by atoms with van der Waals surface area (Å²) in [5, 5.41) is 0.540. The Bertz CT molecular complexity index is 1190. The fourth-order valence-electron chi connectivity index (χ4n) is 3.35. The van der Waals surface area contributed by atoms with Crippen LogP contribution in [0.4, 0.5) is 24.7 Å². The number of hydrogen-bond acceptors (Lipinski definition) is 4. The van der Waals surface area contributed by atoms with Gasteiger partial charge in [0, 0.05) is 31.4 Å². The maximum Gasteiger partial charge on any atom is 0.416 e. The molecule has 174 valence electrons. The summed E-state index contributed by atoms with van der Waals surface area (Å²) in [4.78, 5) is 18.5. The van der Waals surface area contributed by atoms with Crippen molar-refractivity contribution < 1.29 is 26.4 Å². The van der Waals surface area contributed by atoms with E-state index in [2.05, 4.69) is 4.98 Å². The molecular formula is C19H19Cl2F3N4O3S. The minimum absolute atomic E-state index is 0.0458. The van der Waals surface area contributed by atoms with E-state index in [9.17, 15) is 26.4 Å². The minimum Gasteiger partial charge on any atom is -0.312 e. The van der Waals surface area contributed by atoms with E-state index in [1.54, 1.807) is 13.0 Å². The third kappa shape index (κ3) is 4.39. The largest absolute Gasteiger partial charge is 0.416 e. The van der Waals surface area contributed by atoms with Crippen LogP contribution in [0.15, 0.2) is 24.3 Å². The molecular weight excluding hydrogens is 492 g/mol. The van der Waals surface area contributed by atoms with E-state index in [0.717, 1.165) is 15.3 Å². The Hall–Kier alpha value is -2.08. The number of alkyl halides is 3. The lowest BCUT2D eigenvalue weighted by molar-refractivity contribution is -0.137. The number of halogens is 5. The van der Waals surface area contributed by atoms with Crippen LogP contribution in [-0.2, 0) is 21.2 Å². The molecule has 13 heteroatoms. The van der Waals surface area contributed by atoms with Gasteiger partial charge in [-0.2, -0.15) is 25.9 Å². The van der Waals surface area contributed by atoms with Crippen molar-refractivity contribution in [1.29, 1.82) is 0 Å². The monoisotopic (exact) mass is 510 g/mol. The second-order valence-corrected chi connectivity index (χ2v) is 10.1. The van der Waals surface area contributed by atoms with Gasteiger partial charge in [0.1, 0.15) is 11.9 Å². The second-order valence-electron chi connectivity index (χ2n) is 7.40. The number of hydrogen-bond donors (Lipinski definition) is 0. The van der Waals surface area contributed by atoms with Crippen LogP contribution in [0.5, 0.6) is 0 Å². The number of anilines is 2. The maximum atomic E-state index is 13.3. The fourth-order valence-corrected chi connectivity index (χ4v) is 5.30. The number of carbonyl (C=O) groups is 1. The molecule has 2 heterocycles. The number of aromatic nitrogens is 1. The number of benzene rings is 1. The molecule has 1 saturated heterocycles. The Kier molecular flexibility index (Phi) is 6.42. The Labute approximate surface area is 193 Å².